The smallest absolute Gasteiger partial charge is 0.323 e. The molecule has 2 rings (SSSR count). The van der Waals surface area contributed by atoms with Gasteiger partial charge in [-0.2, -0.15) is 0 Å². The van der Waals surface area contributed by atoms with Crippen LogP contribution in [-0.4, -0.2) is 38.9 Å². The number of non-ortho nitro benzene ring substituents is 1. The van der Waals surface area contributed by atoms with Gasteiger partial charge in [0.2, 0.25) is 5.52 Å². The second-order valence-electron chi connectivity index (χ2n) is 4.44. The number of hydrogen-bond acceptors (Lipinski definition) is 7. The van der Waals surface area contributed by atoms with Gasteiger partial charge in [0.1, 0.15) is 6.54 Å². The predicted molar refractivity (Wildman–Crippen MR) is 68.6 cm³/mol. The third-order valence-electron chi connectivity index (χ3n) is 2.81. The van der Waals surface area contributed by atoms with Crippen molar-refractivity contribution < 1.29 is 19.5 Å². The minimum atomic E-state index is -1.01. The molecular formula is C11H12N4O5. The number of nitro groups is 1. The molecule has 0 bridgehead atoms. The Kier molecular flexibility index (Phi) is 3.51. The number of carboxylic acid groups (broad SMARTS) is 1. The molecule has 0 spiro atoms. The Morgan fingerprint density at radius 2 is 2.10 bits per heavy atom. The highest BCUT2D eigenvalue weighted by atomic mass is 16.6. The average Bonchev–Trinajstić information content (AvgIpc) is 2.83. The minimum Gasteiger partial charge on any atom is -0.480 e. The van der Waals surface area contributed by atoms with Crippen LogP contribution in [0.1, 0.15) is 13.8 Å². The molecule has 0 atom stereocenters. The van der Waals surface area contributed by atoms with Crippen molar-refractivity contribution in [3.63, 3.8) is 0 Å². The summed E-state index contributed by atoms with van der Waals surface area (Å²) in [4.78, 5) is 22.8. The number of hydrogen-bond donors (Lipinski definition) is 1. The Hall–Kier alpha value is -2.71. The maximum atomic E-state index is 10.9. The minimum absolute atomic E-state index is 0.00328. The number of anilines is 1. The van der Waals surface area contributed by atoms with E-state index in [0.29, 0.717) is 5.69 Å². The van der Waals surface area contributed by atoms with Crippen LogP contribution in [-0.2, 0) is 4.79 Å². The number of nitrogens with zero attached hydrogens (tertiary/aromatic N) is 4. The molecule has 0 fully saturated rings. The molecule has 0 saturated carbocycles. The molecule has 9 nitrogen and oxygen atoms in total. The summed E-state index contributed by atoms with van der Waals surface area (Å²) in [6.07, 6.45) is 0. The Morgan fingerprint density at radius 3 is 2.65 bits per heavy atom. The van der Waals surface area contributed by atoms with Crippen LogP contribution in [0, 0.1) is 10.1 Å². The molecule has 1 N–H and O–H groups in total. The molecule has 2 aromatic rings. The Labute approximate surface area is 112 Å². The second-order valence-corrected chi connectivity index (χ2v) is 4.44. The fourth-order valence-corrected chi connectivity index (χ4v) is 1.91. The van der Waals surface area contributed by atoms with E-state index in [1.807, 2.05) is 13.8 Å². The summed E-state index contributed by atoms with van der Waals surface area (Å²) in [5.41, 5.74) is 0.381. The largest absolute Gasteiger partial charge is 0.480 e. The van der Waals surface area contributed by atoms with Crippen molar-refractivity contribution in [2.75, 3.05) is 11.4 Å². The quantitative estimate of drug-likeness (QED) is 0.644. The van der Waals surface area contributed by atoms with Crippen LogP contribution in [0.25, 0.3) is 11.0 Å². The molecule has 20 heavy (non-hydrogen) atoms. The molecule has 0 amide bonds. The zero-order valence-corrected chi connectivity index (χ0v) is 10.8. The SMILES string of the molecule is CC(C)N(CC(=O)O)c1ccc([N+](=O)[O-])c2nonc12. The van der Waals surface area contributed by atoms with Gasteiger partial charge in [0, 0.05) is 12.1 Å². The lowest BCUT2D eigenvalue weighted by Crippen LogP contribution is -2.35. The van der Waals surface area contributed by atoms with E-state index in [0.717, 1.165) is 0 Å². The maximum absolute atomic E-state index is 10.9. The summed E-state index contributed by atoms with van der Waals surface area (Å²) in [6, 6.07) is 2.58. The molecular weight excluding hydrogens is 268 g/mol. The zero-order valence-electron chi connectivity index (χ0n) is 10.8. The second kappa shape index (κ2) is 5.11. The number of carbonyl (C=O) groups is 1. The number of carboxylic acids is 1. The van der Waals surface area contributed by atoms with Crippen LogP contribution in [0.5, 0.6) is 0 Å². The van der Waals surface area contributed by atoms with Gasteiger partial charge in [-0.05, 0) is 30.2 Å². The summed E-state index contributed by atoms with van der Waals surface area (Å²) in [5, 5.41) is 27.0. The first kappa shape index (κ1) is 13.7. The molecule has 9 heteroatoms. The van der Waals surface area contributed by atoms with Gasteiger partial charge < -0.3 is 10.0 Å². The van der Waals surface area contributed by atoms with E-state index in [4.69, 9.17) is 5.11 Å². The van der Waals surface area contributed by atoms with Crippen molar-refractivity contribution in [2.24, 2.45) is 0 Å². The average molecular weight is 280 g/mol. The van der Waals surface area contributed by atoms with Crippen LogP contribution >= 0.6 is 0 Å². The summed E-state index contributed by atoms with van der Waals surface area (Å²) in [6.45, 7) is 3.37. The molecule has 1 heterocycles. The van der Waals surface area contributed by atoms with Crippen LogP contribution in [0.4, 0.5) is 11.4 Å². The third kappa shape index (κ3) is 2.37. The van der Waals surface area contributed by atoms with Crippen molar-refractivity contribution in [1.82, 2.24) is 10.3 Å². The van der Waals surface area contributed by atoms with E-state index in [9.17, 15) is 14.9 Å². The normalized spacial score (nSPS) is 10.9. The first-order valence-corrected chi connectivity index (χ1v) is 5.80. The van der Waals surface area contributed by atoms with E-state index in [1.165, 1.54) is 12.1 Å². The lowest BCUT2D eigenvalue weighted by Gasteiger charge is -2.26. The molecule has 0 aliphatic carbocycles. The van der Waals surface area contributed by atoms with Crippen LogP contribution in [0.3, 0.4) is 0 Å². The third-order valence-corrected chi connectivity index (χ3v) is 2.81. The highest BCUT2D eigenvalue weighted by molar-refractivity contribution is 5.94. The number of aromatic nitrogens is 2. The fraction of sp³-hybridized carbons (Fsp3) is 0.364. The predicted octanol–water partition coefficient (Wildman–Crippen LogP) is 1.43. The van der Waals surface area contributed by atoms with Crippen molar-refractivity contribution in [3.05, 3.63) is 22.2 Å². The summed E-state index contributed by atoms with van der Waals surface area (Å²) >= 11 is 0. The van der Waals surface area contributed by atoms with Gasteiger partial charge in [-0.15, -0.1) is 0 Å². The Morgan fingerprint density at radius 1 is 1.45 bits per heavy atom. The van der Waals surface area contributed by atoms with E-state index in [1.54, 1.807) is 4.90 Å². The number of rotatable bonds is 5. The summed E-state index contributed by atoms with van der Waals surface area (Å²) < 4.78 is 4.55. The molecule has 0 unspecified atom stereocenters. The van der Waals surface area contributed by atoms with E-state index in [2.05, 4.69) is 14.9 Å². The first-order valence-electron chi connectivity index (χ1n) is 5.80. The number of benzene rings is 1. The number of aliphatic carboxylic acids is 1. The lowest BCUT2D eigenvalue weighted by molar-refractivity contribution is -0.383. The van der Waals surface area contributed by atoms with Gasteiger partial charge >= 0.3 is 11.7 Å². The van der Waals surface area contributed by atoms with Crippen molar-refractivity contribution in [2.45, 2.75) is 19.9 Å². The molecule has 0 radical (unpaired) electrons. The Bertz CT molecular complexity index is 666. The molecule has 1 aromatic heterocycles. The van der Waals surface area contributed by atoms with E-state index in [-0.39, 0.29) is 29.3 Å². The first-order chi connectivity index (χ1) is 9.41. The van der Waals surface area contributed by atoms with Gasteiger partial charge in [-0.1, -0.05) is 0 Å². The highest BCUT2D eigenvalue weighted by Crippen LogP contribution is 2.31. The standard InChI is InChI=1S/C11H12N4O5/c1-6(2)14(5-9(16)17)7-3-4-8(15(18)19)11-10(7)12-20-13-11/h3-4,6H,5H2,1-2H3,(H,16,17). The van der Waals surface area contributed by atoms with Crippen LogP contribution in [0.2, 0.25) is 0 Å². The van der Waals surface area contributed by atoms with Gasteiger partial charge in [0.05, 0.1) is 10.6 Å². The zero-order chi connectivity index (χ0) is 14.9. The van der Waals surface area contributed by atoms with Gasteiger partial charge in [0.25, 0.3) is 0 Å². The van der Waals surface area contributed by atoms with Crippen molar-refractivity contribution in [1.29, 1.82) is 0 Å². The van der Waals surface area contributed by atoms with Crippen LogP contribution in [0.15, 0.2) is 16.8 Å². The molecule has 106 valence electrons. The van der Waals surface area contributed by atoms with Gasteiger partial charge in [0.15, 0.2) is 5.52 Å². The lowest BCUT2D eigenvalue weighted by atomic mass is 10.2. The van der Waals surface area contributed by atoms with Crippen molar-refractivity contribution >= 4 is 28.4 Å². The summed E-state index contributed by atoms with van der Waals surface area (Å²) in [5.74, 6) is -1.01. The van der Waals surface area contributed by atoms with Gasteiger partial charge in [-0.3, -0.25) is 14.9 Å². The molecule has 1 aromatic carbocycles. The monoisotopic (exact) mass is 280 g/mol. The highest BCUT2D eigenvalue weighted by Gasteiger charge is 2.24. The Balaban J connectivity index is 2.59. The van der Waals surface area contributed by atoms with Gasteiger partial charge in [-0.25, -0.2) is 4.63 Å². The topological polar surface area (TPSA) is 123 Å². The molecule has 0 aliphatic rings. The van der Waals surface area contributed by atoms with E-state index < -0.39 is 10.9 Å². The molecule has 0 saturated heterocycles. The van der Waals surface area contributed by atoms with Crippen molar-refractivity contribution in [3.8, 4) is 0 Å². The summed E-state index contributed by atoms with van der Waals surface area (Å²) in [7, 11) is 0. The molecule has 0 aliphatic heterocycles. The maximum Gasteiger partial charge on any atom is 0.323 e. The van der Waals surface area contributed by atoms with E-state index >= 15 is 0 Å². The fourth-order valence-electron chi connectivity index (χ4n) is 1.91. The number of fused-ring (bicyclic) bond motifs is 1. The number of nitro benzene ring substituents is 1. The van der Waals surface area contributed by atoms with Crippen LogP contribution < -0.4 is 4.90 Å².